The second-order valence-corrected chi connectivity index (χ2v) is 7.66. The lowest BCUT2D eigenvalue weighted by molar-refractivity contribution is -0.120. The van der Waals surface area contributed by atoms with Gasteiger partial charge in [0, 0.05) is 30.4 Å². The summed E-state index contributed by atoms with van der Waals surface area (Å²) in [6.45, 7) is 1.26. The highest BCUT2D eigenvalue weighted by molar-refractivity contribution is 5.94. The fraction of sp³-hybridized carbons (Fsp3) is 0.115. The average molecular weight is 422 g/mol. The number of nitrogens with zero attached hydrogens (tertiary/aromatic N) is 3. The zero-order valence-electron chi connectivity index (χ0n) is 17.4. The monoisotopic (exact) mass is 422 g/mol. The first-order chi connectivity index (χ1) is 15.7. The normalized spacial score (nSPS) is 13.3. The molecule has 0 unspecified atom stereocenters. The number of hydrogen-bond acceptors (Lipinski definition) is 5. The Balaban J connectivity index is 1.16. The number of para-hydroxylation sites is 1. The molecule has 0 atom stereocenters. The van der Waals surface area contributed by atoms with E-state index in [2.05, 4.69) is 20.2 Å². The lowest BCUT2D eigenvalue weighted by atomic mass is 9.99. The van der Waals surface area contributed by atoms with Crippen LogP contribution in [-0.4, -0.2) is 29.0 Å². The lowest BCUT2D eigenvalue weighted by Gasteiger charge is -2.39. The van der Waals surface area contributed by atoms with Crippen LogP contribution in [0, 0.1) is 5.92 Å². The number of rotatable bonds is 6. The van der Waals surface area contributed by atoms with Gasteiger partial charge in [-0.15, -0.1) is 0 Å². The predicted molar refractivity (Wildman–Crippen MR) is 125 cm³/mol. The molecule has 2 heterocycles. The molecule has 0 saturated carbocycles. The van der Waals surface area contributed by atoms with Gasteiger partial charge in [0.15, 0.2) is 0 Å². The number of nitrogens with one attached hydrogen (secondary N) is 1. The molecule has 158 valence electrons. The van der Waals surface area contributed by atoms with Gasteiger partial charge in [-0.2, -0.15) is 0 Å². The third kappa shape index (κ3) is 4.44. The molecule has 3 aromatic carbocycles. The van der Waals surface area contributed by atoms with Gasteiger partial charge in [-0.05, 0) is 36.4 Å². The van der Waals surface area contributed by atoms with E-state index in [9.17, 15) is 4.79 Å². The van der Waals surface area contributed by atoms with E-state index in [1.54, 1.807) is 6.33 Å². The number of carbonyl (C=O) groups is 1. The molecule has 1 aliphatic rings. The zero-order chi connectivity index (χ0) is 21.8. The molecule has 5 rings (SSSR count). The number of anilines is 2. The van der Waals surface area contributed by atoms with Crippen LogP contribution >= 0.6 is 0 Å². The molecule has 1 amide bonds. The van der Waals surface area contributed by atoms with Crippen molar-refractivity contribution >= 4 is 17.4 Å². The van der Waals surface area contributed by atoms with Crippen LogP contribution in [-0.2, 0) is 4.79 Å². The third-order valence-electron chi connectivity index (χ3n) is 5.40. The topological polar surface area (TPSA) is 67.3 Å². The third-order valence-corrected chi connectivity index (χ3v) is 5.40. The number of ether oxygens (including phenoxy) is 1. The first-order valence-electron chi connectivity index (χ1n) is 10.5. The molecular weight excluding hydrogens is 400 g/mol. The molecule has 1 saturated heterocycles. The fourth-order valence-corrected chi connectivity index (χ4v) is 3.59. The van der Waals surface area contributed by atoms with Crippen LogP contribution in [0.15, 0.2) is 97.3 Å². The average Bonchev–Trinajstić information content (AvgIpc) is 2.81. The maximum Gasteiger partial charge on any atom is 0.231 e. The largest absolute Gasteiger partial charge is 0.457 e. The Kier molecular flexibility index (Phi) is 5.49. The molecule has 0 radical (unpaired) electrons. The Bertz CT molecular complexity index is 1190. The summed E-state index contributed by atoms with van der Waals surface area (Å²) in [6.07, 6.45) is 1.57. The highest BCUT2D eigenvalue weighted by Gasteiger charge is 2.33. The van der Waals surface area contributed by atoms with Crippen LogP contribution in [0.3, 0.4) is 0 Å². The van der Waals surface area contributed by atoms with Crippen molar-refractivity contribution in [3.63, 3.8) is 0 Å². The van der Waals surface area contributed by atoms with Gasteiger partial charge < -0.3 is 15.0 Å². The second-order valence-electron chi connectivity index (χ2n) is 7.66. The first kappa shape index (κ1) is 19.8. The maximum absolute atomic E-state index is 12.6. The van der Waals surface area contributed by atoms with Crippen molar-refractivity contribution in [2.45, 2.75) is 0 Å². The maximum atomic E-state index is 12.6. The predicted octanol–water partition coefficient (Wildman–Crippen LogP) is 5.01. The van der Waals surface area contributed by atoms with Crippen LogP contribution in [0.1, 0.15) is 0 Å². The molecule has 0 bridgehead atoms. The van der Waals surface area contributed by atoms with Crippen LogP contribution in [0.5, 0.6) is 11.5 Å². The Morgan fingerprint density at radius 3 is 2.22 bits per heavy atom. The van der Waals surface area contributed by atoms with Gasteiger partial charge in [-0.1, -0.05) is 48.5 Å². The van der Waals surface area contributed by atoms with E-state index in [4.69, 9.17) is 4.74 Å². The minimum Gasteiger partial charge on any atom is -0.457 e. The van der Waals surface area contributed by atoms with Crippen molar-refractivity contribution in [3.8, 4) is 22.8 Å². The van der Waals surface area contributed by atoms with Crippen LogP contribution in [0.4, 0.5) is 11.5 Å². The van der Waals surface area contributed by atoms with Crippen LogP contribution < -0.4 is 15.0 Å². The van der Waals surface area contributed by atoms with E-state index in [0.29, 0.717) is 13.1 Å². The summed E-state index contributed by atoms with van der Waals surface area (Å²) in [5, 5.41) is 2.99. The Morgan fingerprint density at radius 2 is 1.50 bits per heavy atom. The van der Waals surface area contributed by atoms with E-state index in [0.717, 1.165) is 34.3 Å². The molecule has 1 N–H and O–H groups in total. The SMILES string of the molecule is O=C(Nc1ccc(Oc2ccccc2)cc1)C1CN(c2cc(-c3ccccc3)ncn2)C1. The number of hydrogen-bond donors (Lipinski definition) is 1. The standard InChI is InChI=1S/C26H22N4O2/c31-26(29-21-11-13-23(14-12-21)32-22-9-5-2-6-10-22)20-16-30(17-20)25-15-24(27-18-28-25)19-7-3-1-4-8-19/h1-15,18,20H,16-17H2,(H,29,31). The molecule has 1 aromatic heterocycles. The van der Waals surface area contributed by atoms with E-state index in [-0.39, 0.29) is 11.8 Å². The number of aromatic nitrogens is 2. The fourth-order valence-electron chi connectivity index (χ4n) is 3.59. The van der Waals surface area contributed by atoms with E-state index in [1.807, 2.05) is 91.0 Å². The van der Waals surface area contributed by atoms with Crippen molar-refractivity contribution in [2.75, 3.05) is 23.3 Å². The van der Waals surface area contributed by atoms with Gasteiger partial charge in [0.25, 0.3) is 0 Å². The molecular formula is C26H22N4O2. The van der Waals surface area contributed by atoms with E-state index < -0.39 is 0 Å². The minimum atomic E-state index is -0.0783. The highest BCUT2D eigenvalue weighted by Crippen LogP contribution is 2.27. The summed E-state index contributed by atoms with van der Waals surface area (Å²) in [7, 11) is 0. The van der Waals surface area contributed by atoms with E-state index >= 15 is 0 Å². The van der Waals surface area contributed by atoms with Crippen LogP contribution in [0.25, 0.3) is 11.3 Å². The number of benzene rings is 3. The van der Waals surface area contributed by atoms with Gasteiger partial charge >= 0.3 is 0 Å². The van der Waals surface area contributed by atoms with Crippen molar-refractivity contribution in [1.82, 2.24) is 9.97 Å². The highest BCUT2D eigenvalue weighted by atomic mass is 16.5. The Hall–Kier alpha value is -4.19. The Labute approximate surface area is 186 Å². The van der Waals surface area contributed by atoms with E-state index in [1.165, 1.54) is 0 Å². The molecule has 6 nitrogen and oxygen atoms in total. The van der Waals surface area contributed by atoms with Gasteiger partial charge in [0.1, 0.15) is 23.6 Å². The van der Waals surface area contributed by atoms with Crippen molar-refractivity contribution in [2.24, 2.45) is 5.92 Å². The summed E-state index contributed by atoms with van der Waals surface area (Å²) in [5.41, 5.74) is 2.68. The molecule has 1 fully saturated rings. The summed E-state index contributed by atoms with van der Waals surface area (Å²) >= 11 is 0. The first-order valence-corrected chi connectivity index (χ1v) is 10.5. The lowest BCUT2D eigenvalue weighted by Crippen LogP contribution is -2.52. The smallest absolute Gasteiger partial charge is 0.231 e. The van der Waals surface area contributed by atoms with Gasteiger partial charge in [0.05, 0.1) is 11.6 Å². The quantitative estimate of drug-likeness (QED) is 0.473. The van der Waals surface area contributed by atoms with Crippen LogP contribution in [0.2, 0.25) is 0 Å². The van der Waals surface area contributed by atoms with Gasteiger partial charge in [-0.25, -0.2) is 9.97 Å². The van der Waals surface area contributed by atoms with Crippen molar-refractivity contribution < 1.29 is 9.53 Å². The molecule has 6 heteroatoms. The number of carbonyl (C=O) groups excluding carboxylic acids is 1. The molecule has 4 aromatic rings. The zero-order valence-corrected chi connectivity index (χ0v) is 17.4. The Morgan fingerprint density at radius 1 is 0.844 bits per heavy atom. The summed E-state index contributed by atoms with van der Waals surface area (Å²) in [5.74, 6) is 2.27. The minimum absolute atomic E-state index is 0.00955. The molecule has 32 heavy (non-hydrogen) atoms. The van der Waals surface area contributed by atoms with Gasteiger partial charge in [-0.3, -0.25) is 4.79 Å². The summed E-state index contributed by atoms with van der Waals surface area (Å²) in [4.78, 5) is 23.5. The summed E-state index contributed by atoms with van der Waals surface area (Å²) < 4.78 is 5.79. The van der Waals surface area contributed by atoms with Crippen molar-refractivity contribution in [3.05, 3.63) is 97.3 Å². The summed E-state index contributed by atoms with van der Waals surface area (Å²) in [6, 6.07) is 29.0. The molecule has 0 aliphatic carbocycles. The second kappa shape index (κ2) is 8.89. The van der Waals surface area contributed by atoms with Crippen molar-refractivity contribution in [1.29, 1.82) is 0 Å². The molecule has 0 spiro atoms. The molecule has 1 aliphatic heterocycles. The van der Waals surface area contributed by atoms with Gasteiger partial charge in [0.2, 0.25) is 5.91 Å². The number of amides is 1.